The summed E-state index contributed by atoms with van der Waals surface area (Å²) in [6.45, 7) is 3.29. The topological polar surface area (TPSA) is 129 Å². The third-order valence-corrected chi connectivity index (χ3v) is 8.30. The fourth-order valence-electron chi connectivity index (χ4n) is 4.48. The van der Waals surface area contributed by atoms with E-state index in [0.717, 1.165) is 39.5 Å². The number of hydrogen-bond acceptors (Lipinski definition) is 7. The van der Waals surface area contributed by atoms with Crippen LogP contribution in [0.3, 0.4) is 0 Å². The number of amides is 1. The Morgan fingerprint density at radius 2 is 1.92 bits per heavy atom. The van der Waals surface area contributed by atoms with E-state index in [-0.39, 0.29) is 17.0 Å². The third-order valence-electron chi connectivity index (χ3n) is 6.47. The van der Waals surface area contributed by atoms with Gasteiger partial charge in [0, 0.05) is 32.7 Å². The molecule has 11 heteroatoms. The van der Waals surface area contributed by atoms with Gasteiger partial charge in [0.05, 0.1) is 10.6 Å². The standard InChI is InChI=1S/C25H30N4O6S/c1-5-6-21(25(31)32)35-27-23-19-13-18(15-7-9-16(10-8-15)36(33,34)28(2)3)17-11-12-29(4)14-20(17)22(19)26-24(23)30/h7-10,13,21H,5-6,11-12,14H2,1-4H3,(H,31,32)(H,26,27,30). The molecule has 0 saturated carbocycles. The van der Waals surface area contributed by atoms with Crippen LogP contribution in [0.2, 0.25) is 0 Å². The van der Waals surface area contributed by atoms with Crippen molar-refractivity contribution in [1.82, 2.24) is 9.21 Å². The van der Waals surface area contributed by atoms with Gasteiger partial charge in [-0.25, -0.2) is 17.5 Å². The zero-order valence-corrected chi connectivity index (χ0v) is 21.6. The molecule has 2 N–H and O–H groups in total. The van der Waals surface area contributed by atoms with Gasteiger partial charge in [0.2, 0.25) is 16.1 Å². The maximum Gasteiger partial charge on any atom is 0.347 e. The number of fused-ring (bicyclic) bond motifs is 3. The lowest BCUT2D eigenvalue weighted by Gasteiger charge is -2.29. The molecule has 1 unspecified atom stereocenters. The highest BCUT2D eigenvalue weighted by atomic mass is 32.2. The van der Waals surface area contributed by atoms with Gasteiger partial charge in [-0.3, -0.25) is 4.79 Å². The number of hydrogen-bond donors (Lipinski definition) is 2. The number of carboxylic acid groups (broad SMARTS) is 1. The van der Waals surface area contributed by atoms with E-state index in [9.17, 15) is 23.1 Å². The molecule has 0 radical (unpaired) electrons. The van der Waals surface area contributed by atoms with E-state index in [4.69, 9.17) is 4.84 Å². The second-order valence-corrected chi connectivity index (χ2v) is 11.4. The summed E-state index contributed by atoms with van der Waals surface area (Å²) in [5.41, 5.74) is 4.94. The SMILES string of the molecule is CCCC(O/N=C1\C(=O)Nc2c1cc(-c1ccc(S(=O)(=O)N(C)C)cc1)c1c2CN(C)CC1)C(=O)O. The van der Waals surface area contributed by atoms with Crippen LogP contribution in [0, 0.1) is 0 Å². The molecule has 0 bridgehead atoms. The molecule has 1 atom stereocenters. The molecule has 1 amide bonds. The van der Waals surface area contributed by atoms with Gasteiger partial charge >= 0.3 is 5.97 Å². The van der Waals surface area contributed by atoms with Gasteiger partial charge < -0.3 is 20.2 Å². The van der Waals surface area contributed by atoms with Crippen molar-refractivity contribution in [2.24, 2.45) is 5.16 Å². The van der Waals surface area contributed by atoms with E-state index in [2.05, 4.69) is 15.4 Å². The van der Waals surface area contributed by atoms with Crippen molar-refractivity contribution in [3.8, 4) is 11.1 Å². The molecule has 10 nitrogen and oxygen atoms in total. The Morgan fingerprint density at radius 1 is 1.22 bits per heavy atom. The molecule has 36 heavy (non-hydrogen) atoms. The molecule has 2 aromatic rings. The predicted molar refractivity (Wildman–Crippen MR) is 135 cm³/mol. The van der Waals surface area contributed by atoms with Gasteiger partial charge in [-0.2, -0.15) is 0 Å². The van der Waals surface area contributed by atoms with Crippen LogP contribution in [0.5, 0.6) is 0 Å². The van der Waals surface area contributed by atoms with Crippen LogP contribution in [0.1, 0.15) is 36.5 Å². The minimum Gasteiger partial charge on any atom is -0.478 e. The smallest absolute Gasteiger partial charge is 0.347 e. The maximum absolute atomic E-state index is 12.9. The summed E-state index contributed by atoms with van der Waals surface area (Å²) in [5, 5.41) is 16.3. The van der Waals surface area contributed by atoms with Crippen LogP contribution in [-0.4, -0.2) is 74.1 Å². The summed E-state index contributed by atoms with van der Waals surface area (Å²) in [6.07, 6.45) is 0.466. The first-order chi connectivity index (χ1) is 17.0. The highest BCUT2D eigenvalue weighted by Gasteiger charge is 2.34. The largest absolute Gasteiger partial charge is 0.478 e. The number of rotatable bonds is 8. The summed E-state index contributed by atoms with van der Waals surface area (Å²) in [5.74, 6) is -1.59. The van der Waals surface area contributed by atoms with Gasteiger partial charge in [-0.15, -0.1) is 0 Å². The normalized spacial score (nSPS) is 17.6. The summed E-state index contributed by atoms with van der Waals surface area (Å²) < 4.78 is 26.2. The van der Waals surface area contributed by atoms with Crippen LogP contribution in [0.4, 0.5) is 5.69 Å². The van der Waals surface area contributed by atoms with Crippen molar-refractivity contribution in [1.29, 1.82) is 0 Å². The maximum atomic E-state index is 12.9. The molecular formula is C25H30N4O6S. The first-order valence-electron chi connectivity index (χ1n) is 11.7. The second-order valence-electron chi connectivity index (χ2n) is 9.22. The van der Waals surface area contributed by atoms with Crippen LogP contribution >= 0.6 is 0 Å². The van der Waals surface area contributed by atoms with E-state index in [1.165, 1.54) is 14.1 Å². The Labute approximate surface area is 210 Å². The average Bonchev–Trinajstić information content (AvgIpc) is 3.16. The molecule has 0 aromatic heterocycles. The lowest BCUT2D eigenvalue weighted by Crippen LogP contribution is -2.27. The zero-order valence-electron chi connectivity index (χ0n) is 20.7. The number of carbonyl (C=O) groups excluding carboxylic acids is 1. The molecule has 0 saturated heterocycles. The molecule has 4 rings (SSSR count). The Morgan fingerprint density at radius 3 is 2.53 bits per heavy atom. The number of carbonyl (C=O) groups is 2. The monoisotopic (exact) mass is 514 g/mol. The van der Waals surface area contributed by atoms with Crippen molar-refractivity contribution in [2.75, 3.05) is 33.0 Å². The molecule has 0 spiro atoms. The Kier molecular flexibility index (Phi) is 7.17. The minimum absolute atomic E-state index is 0.0245. The van der Waals surface area contributed by atoms with E-state index in [0.29, 0.717) is 24.2 Å². The zero-order chi connectivity index (χ0) is 26.2. The van der Waals surface area contributed by atoms with Crippen molar-refractivity contribution in [3.05, 3.63) is 47.0 Å². The quantitative estimate of drug-likeness (QED) is 0.518. The van der Waals surface area contributed by atoms with Crippen LogP contribution in [0.15, 0.2) is 40.4 Å². The molecule has 2 aliphatic heterocycles. The van der Waals surface area contributed by atoms with E-state index in [1.54, 1.807) is 24.3 Å². The van der Waals surface area contributed by atoms with Gasteiger partial charge in [0.15, 0.2) is 5.71 Å². The minimum atomic E-state index is -3.57. The van der Waals surface area contributed by atoms with Gasteiger partial charge in [0.1, 0.15) is 0 Å². The first kappa shape index (κ1) is 25.8. The fraction of sp³-hybridized carbons (Fsp3) is 0.400. The van der Waals surface area contributed by atoms with Crippen molar-refractivity contribution in [2.45, 2.75) is 43.7 Å². The van der Waals surface area contributed by atoms with Gasteiger partial charge in [-0.1, -0.05) is 30.6 Å². The van der Waals surface area contributed by atoms with Crippen molar-refractivity contribution in [3.63, 3.8) is 0 Å². The molecule has 2 aliphatic rings. The molecule has 0 aliphatic carbocycles. The lowest BCUT2D eigenvalue weighted by molar-refractivity contribution is -0.150. The lowest BCUT2D eigenvalue weighted by atomic mass is 9.87. The molecule has 0 fully saturated rings. The molecule has 192 valence electrons. The number of nitrogens with one attached hydrogen (secondary N) is 1. The summed E-state index contributed by atoms with van der Waals surface area (Å²) >= 11 is 0. The number of likely N-dealkylation sites (N-methyl/N-ethyl adjacent to an activating group) is 1. The average molecular weight is 515 g/mol. The number of carboxylic acids is 1. The number of aliphatic carboxylic acids is 1. The van der Waals surface area contributed by atoms with Crippen molar-refractivity contribution < 1.29 is 28.0 Å². The van der Waals surface area contributed by atoms with Crippen LogP contribution < -0.4 is 5.32 Å². The van der Waals surface area contributed by atoms with Crippen LogP contribution in [0.25, 0.3) is 11.1 Å². The van der Waals surface area contributed by atoms with Crippen molar-refractivity contribution >= 4 is 33.3 Å². The number of benzene rings is 2. The number of nitrogens with zero attached hydrogens (tertiary/aromatic N) is 3. The molecule has 2 aromatic carbocycles. The summed E-state index contributed by atoms with van der Waals surface area (Å²) in [6, 6.07) is 8.52. The third kappa shape index (κ3) is 4.73. The highest BCUT2D eigenvalue weighted by molar-refractivity contribution is 7.89. The predicted octanol–water partition coefficient (Wildman–Crippen LogP) is 2.52. The van der Waals surface area contributed by atoms with E-state index < -0.39 is 28.0 Å². The van der Waals surface area contributed by atoms with E-state index in [1.807, 2.05) is 20.0 Å². The fourth-order valence-corrected chi connectivity index (χ4v) is 5.38. The Hall–Kier alpha value is -3.28. The first-order valence-corrected chi connectivity index (χ1v) is 13.2. The number of oxime groups is 1. The Bertz CT molecular complexity index is 1340. The van der Waals surface area contributed by atoms with Gasteiger partial charge in [0.25, 0.3) is 5.91 Å². The summed E-state index contributed by atoms with van der Waals surface area (Å²) in [4.78, 5) is 32.0. The van der Waals surface area contributed by atoms with Gasteiger partial charge in [-0.05, 0) is 60.3 Å². The highest BCUT2D eigenvalue weighted by Crippen LogP contribution is 2.40. The summed E-state index contributed by atoms with van der Waals surface area (Å²) in [7, 11) is 1.41. The van der Waals surface area contributed by atoms with Crippen LogP contribution in [-0.2, 0) is 37.4 Å². The molecule has 2 heterocycles. The van der Waals surface area contributed by atoms with E-state index >= 15 is 0 Å². The number of sulfonamides is 1. The Balaban J connectivity index is 1.82. The second kappa shape index (κ2) is 10.00. The number of anilines is 1. The molecular weight excluding hydrogens is 484 g/mol.